The van der Waals surface area contributed by atoms with Crippen molar-refractivity contribution in [3.8, 4) is 0 Å². The van der Waals surface area contributed by atoms with Crippen molar-refractivity contribution in [2.75, 3.05) is 18.1 Å². The molecule has 2 atom stereocenters. The number of para-hydroxylation sites is 1. The summed E-state index contributed by atoms with van der Waals surface area (Å²) < 4.78 is 5.38. The van der Waals surface area contributed by atoms with Gasteiger partial charge in [0.1, 0.15) is 6.04 Å². The van der Waals surface area contributed by atoms with Crippen molar-refractivity contribution < 1.29 is 14.6 Å². The van der Waals surface area contributed by atoms with Gasteiger partial charge in [-0.2, -0.15) is 0 Å². The van der Waals surface area contributed by atoms with Crippen molar-refractivity contribution in [3.05, 3.63) is 29.8 Å². The second kappa shape index (κ2) is 4.04. The fourth-order valence-electron chi connectivity index (χ4n) is 2.81. The van der Waals surface area contributed by atoms with Crippen LogP contribution in [0, 0.1) is 0 Å². The predicted molar refractivity (Wildman–Crippen MR) is 63.3 cm³/mol. The van der Waals surface area contributed by atoms with Gasteiger partial charge in [0, 0.05) is 18.7 Å². The highest BCUT2D eigenvalue weighted by Gasteiger charge is 2.39. The van der Waals surface area contributed by atoms with Crippen molar-refractivity contribution in [2.45, 2.75) is 24.9 Å². The molecule has 0 bridgehead atoms. The van der Waals surface area contributed by atoms with Gasteiger partial charge in [0.05, 0.1) is 12.6 Å². The summed E-state index contributed by atoms with van der Waals surface area (Å²) in [6.45, 7) is 1.37. The first-order valence-corrected chi connectivity index (χ1v) is 5.94. The minimum absolute atomic E-state index is 0.208. The number of carboxylic acids is 1. The molecule has 2 unspecified atom stereocenters. The summed E-state index contributed by atoms with van der Waals surface area (Å²) in [6.07, 6.45) is 1.51. The van der Waals surface area contributed by atoms with Crippen LogP contribution in [0.5, 0.6) is 0 Å². The summed E-state index contributed by atoms with van der Waals surface area (Å²) in [4.78, 5) is 13.4. The summed E-state index contributed by atoms with van der Waals surface area (Å²) in [5, 5.41) is 9.33. The Kier molecular flexibility index (Phi) is 2.52. The fourth-order valence-corrected chi connectivity index (χ4v) is 2.81. The largest absolute Gasteiger partial charge is 0.480 e. The number of fused-ring (bicyclic) bond motifs is 1. The molecule has 0 aromatic heterocycles. The van der Waals surface area contributed by atoms with E-state index < -0.39 is 12.0 Å². The standard InChI is InChI=1S/C13H15NO3/c15-13(16)12-7-9-3-1-2-4-11(9)14(12)10-5-6-17-8-10/h1-4,10,12H,5-8H2,(H,15,16). The molecule has 2 aliphatic heterocycles. The molecule has 0 radical (unpaired) electrons. The first kappa shape index (κ1) is 10.6. The molecule has 1 aromatic rings. The van der Waals surface area contributed by atoms with Crippen molar-refractivity contribution in [3.63, 3.8) is 0 Å². The quantitative estimate of drug-likeness (QED) is 0.836. The van der Waals surface area contributed by atoms with Crippen molar-refractivity contribution in [2.24, 2.45) is 0 Å². The molecule has 0 saturated carbocycles. The predicted octanol–water partition coefficient (Wildman–Crippen LogP) is 1.29. The number of hydrogen-bond donors (Lipinski definition) is 1. The van der Waals surface area contributed by atoms with Gasteiger partial charge in [0.15, 0.2) is 0 Å². The molecule has 1 N–H and O–H groups in total. The topological polar surface area (TPSA) is 49.8 Å². The maximum absolute atomic E-state index is 11.4. The van der Waals surface area contributed by atoms with E-state index in [0.29, 0.717) is 13.0 Å². The Hall–Kier alpha value is -1.55. The van der Waals surface area contributed by atoms with E-state index >= 15 is 0 Å². The van der Waals surface area contributed by atoms with Crippen LogP contribution < -0.4 is 4.90 Å². The van der Waals surface area contributed by atoms with Crippen LogP contribution in [0.1, 0.15) is 12.0 Å². The first-order chi connectivity index (χ1) is 8.27. The van der Waals surface area contributed by atoms with E-state index in [2.05, 4.69) is 0 Å². The number of ether oxygens (including phenoxy) is 1. The smallest absolute Gasteiger partial charge is 0.326 e. The van der Waals surface area contributed by atoms with Crippen LogP contribution in [0.2, 0.25) is 0 Å². The highest BCUT2D eigenvalue weighted by molar-refractivity contribution is 5.82. The normalized spacial score (nSPS) is 27.2. The number of hydrogen-bond acceptors (Lipinski definition) is 3. The van der Waals surface area contributed by atoms with E-state index in [1.165, 1.54) is 0 Å². The Bertz CT molecular complexity index is 440. The molecule has 4 heteroatoms. The molecule has 3 rings (SSSR count). The van der Waals surface area contributed by atoms with Gasteiger partial charge in [-0.15, -0.1) is 0 Å². The second-order valence-electron chi connectivity index (χ2n) is 4.61. The number of anilines is 1. The lowest BCUT2D eigenvalue weighted by atomic mass is 10.1. The zero-order valence-electron chi connectivity index (χ0n) is 9.50. The molecule has 0 spiro atoms. The van der Waals surface area contributed by atoms with E-state index in [1.54, 1.807) is 0 Å². The molecular weight excluding hydrogens is 218 g/mol. The van der Waals surface area contributed by atoms with E-state index in [0.717, 1.165) is 24.3 Å². The Balaban J connectivity index is 1.98. The van der Waals surface area contributed by atoms with Gasteiger partial charge in [0.2, 0.25) is 0 Å². The highest BCUT2D eigenvalue weighted by Crippen LogP contribution is 2.35. The van der Waals surface area contributed by atoms with E-state index in [1.807, 2.05) is 29.2 Å². The van der Waals surface area contributed by atoms with E-state index in [-0.39, 0.29) is 6.04 Å². The van der Waals surface area contributed by atoms with Crippen LogP contribution in [0.4, 0.5) is 5.69 Å². The number of benzene rings is 1. The molecule has 0 aliphatic carbocycles. The molecule has 0 amide bonds. The zero-order chi connectivity index (χ0) is 11.8. The minimum Gasteiger partial charge on any atom is -0.480 e. The molecule has 4 nitrogen and oxygen atoms in total. The van der Waals surface area contributed by atoms with Gasteiger partial charge in [-0.05, 0) is 18.1 Å². The Morgan fingerprint density at radius 2 is 2.24 bits per heavy atom. The summed E-state index contributed by atoms with van der Waals surface area (Å²) in [5.74, 6) is -0.742. The third-order valence-corrected chi connectivity index (χ3v) is 3.60. The Labute approximate surface area is 99.8 Å². The number of carboxylic acid groups (broad SMARTS) is 1. The number of carbonyl (C=O) groups is 1. The number of nitrogens with zero attached hydrogens (tertiary/aromatic N) is 1. The van der Waals surface area contributed by atoms with Crippen molar-refractivity contribution in [1.82, 2.24) is 0 Å². The third kappa shape index (κ3) is 1.69. The van der Waals surface area contributed by atoms with Crippen molar-refractivity contribution in [1.29, 1.82) is 0 Å². The first-order valence-electron chi connectivity index (χ1n) is 5.94. The zero-order valence-corrected chi connectivity index (χ0v) is 9.50. The minimum atomic E-state index is -0.742. The highest BCUT2D eigenvalue weighted by atomic mass is 16.5. The van der Waals surface area contributed by atoms with E-state index in [4.69, 9.17) is 4.74 Å². The van der Waals surface area contributed by atoms with Gasteiger partial charge in [-0.3, -0.25) is 0 Å². The summed E-state index contributed by atoms with van der Waals surface area (Å²) in [6, 6.07) is 7.73. The lowest BCUT2D eigenvalue weighted by Crippen LogP contribution is -2.45. The molecule has 90 valence electrons. The fraction of sp³-hybridized carbons (Fsp3) is 0.462. The molecule has 1 fully saturated rings. The maximum Gasteiger partial charge on any atom is 0.326 e. The third-order valence-electron chi connectivity index (χ3n) is 3.60. The van der Waals surface area contributed by atoms with Crippen LogP contribution in [-0.4, -0.2) is 36.4 Å². The van der Waals surface area contributed by atoms with E-state index in [9.17, 15) is 9.90 Å². The summed E-state index contributed by atoms with van der Waals surface area (Å²) in [7, 11) is 0. The summed E-state index contributed by atoms with van der Waals surface area (Å²) in [5.41, 5.74) is 2.20. The lowest BCUT2D eigenvalue weighted by molar-refractivity contribution is -0.138. The van der Waals surface area contributed by atoms with Gasteiger partial charge in [0.25, 0.3) is 0 Å². The molecule has 1 saturated heterocycles. The van der Waals surface area contributed by atoms with Gasteiger partial charge in [-0.1, -0.05) is 18.2 Å². The van der Waals surface area contributed by atoms with Crippen LogP contribution in [0.3, 0.4) is 0 Å². The van der Waals surface area contributed by atoms with Crippen LogP contribution in [0.25, 0.3) is 0 Å². The maximum atomic E-state index is 11.4. The average molecular weight is 233 g/mol. The molecule has 1 aromatic carbocycles. The van der Waals surface area contributed by atoms with Gasteiger partial charge < -0.3 is 14.7 Å². The van der Waals surface area contributed by atoms with Gasteiger partial charge >= 0.3 is 5.97 Å². The van der Waals surface area contributed by atoms with Gasteiger partial charge in [-0.25, -0.2) is 4.79 Å². The Morgan fingerprint density at radius 1 is 1.41 bits per heavy atom. The monoisotopic (exact) mass is 233 g/mol. The Morgan fingerprint density at radius 3 is 2.94 bits per heavy atom. The SMILES string of the molecule is O=C(O)C1Cc2ccccc2N1C1CCOC1. The molecule has 2 aliphatic rings. The number of aliphatic carboxylic acids is 1. The molecule has 17 heavy (non-hydrogen) atoms. The van der Waals surface area contributed by atoms with Crippen molar-refractivity contribution >= 4 is 11.7 Å². The molecule has 2 heterocycles. The van der Waals surface area contributed by atoms with Crippen LogP contribution >= 0.6 is 0 Å². The lowest BCUT2D eigenvalue weighted by Gasteiger charge is -2.30. The summed E-state index contributed by atoms with van der Waals surface area (Å²) >= 11 is 0. The average Bonchev–Trinajstić information content (AvgIpc) is 2.94. The molecular formula is C13H15NO3. The second-order valence-corrected chi connectivity index (χ2v) is 4.61. The number of rotatable bonds is 2. The van der Waals surface area contributed by atoms with Crippen LogP contribution in [-0.2, 0) is 16.0 Å². The van der Waals surface area contributed by atoms with Crippen LogP contribution in [0.15, 0.2) is 24.3 Å².